The van der Waals surface area contributed by atoms with Gasteiger partial charge in [0.05, 0.1) is 27.9 Å². The zero-order valence-corrected chi connectivity index (χ0v) is 28.6. The van der Waals surface area contributed by atoms with Crippen LogP contribution in [0.4, 0.5) is 0 Å². The maximum Gasteiger partial charge on any atom is 0.160 e. The molecule has 3 heterocycles. The molecule has 0 aliphatic carbocycles. The molecule has 0 aliphatic rings. The SMILES string of the molecule is C=Cc1cccc2c1c1c(C)c3c(ccn3-c3ccccc3)cc1n2-c1cccc(-c2cc(C(/C=C\C)=C/CC)nc(-c3ccccc3)n2)c1. The summed E-state index contributed by atoms with van der Waals surface area (Å²) in [5.41, 5.74) is 13.0. The minimum atomic E-state index is 0.712. The lowest BCUT2D eigenvalue weighted by Crippen LogP contribution is -1.99. The van der Waals surface area contributed by atoms with Crippen molar-refractivity contribution >= 4 is 44.4 Å². The van der Waals surface area contributed by atoms with E-state index >= 15 is 0 Å². The minimum Gasteiger partial charge on any atom is -0.316 e. The predicted octanol–water partition coefficient (Wildman–Crippen LogP) is 12.2. The highest BCUT2D eigenvalue weighted by molar-refractivity contribution is 6.18. The number of hydrogen-bond acceptors (Lipinski definition) is 2. The molecule has 0 unspecified atom stereocenters. The fourth-order valence-corrected chi connectivity index (χ4v) is 7.30. The summed E-state index contributed by atoms with van der Waals surface area (Å²) in [6.07, 6.45) is 11.5. The van der Waals surface area contributed by atoms with Crippen molar-refractivity contribution < 1.29 is 0 Å². The number of rotatable bonds is 8. The Hall–Kier alpha value is -6.26. The highest BCUT2D eigenvalue weighted by Gasteiger charge is 2.20. The second-order valence-corrected chi connectivity index (χ2v) is 12.6. The van der Waals surface area contributed by atoms with E-state index in [4.69, 9.17) is 9.97 Å². The first-order chi connectivity index (χ1) is 24.6. The summed E-state index contributed by atoms with van der Waals surface area (Å²) in [5, 5.41) is 3.64. The van der Waals surface area contributed by atoms with E-state index in [9.17, 15) is 0 Å². The summed E-state index contributed by atoms with van der Waals surface area (Å²) in [6.45, 7) is 10.7. The normalized spacial score (nSPS) is 12.1. The molecular formula is C46H38N4. The monoisotopic (exact) mass is 646 g/mol. The van der Waals surface area contributed by atoms with Gasteiger partial charge in [-0.2, -0.15) is 0 Å². The summed E-state index contributed by atoms with van der Waals surface area (Å²) in [6, 6.07) is 42.7. The van der Waals surface area contributed by atoms with Gasteiger partial charge in [0.2, 0.25) is 0 Å². The number of aromatic nitrogens is 4. The Bertz CT molecular complexity index is 2600. The van der Waals surface area contributed by atoms with E-state index in [1.54, 1.807) is 0 Å². The Morgan fingerprint density at radius 2 is 1.48 bits per heavy atom. The summed E-state index contributed by atoms with van der Waals surface area (Å²) in [7, 11) is 0. The number of para-hydroxylation sites is 1. The number of nitrogens with zero attached hydrogens (tertiary/aromatic N) is 4. The van der Waals surface area contributed by atoms with Gasteiger partial charge in [0.15, 0.2) is 5.82 Å². The van der Waals surface area contributed by atoms with Gasteiger partial charge in [0.25, 0.3) is 0 Å². The molecule has 0 amide bonds. The van der Waals surface area contributed by atoms with Gasteiger partial charge in [-0.15, -0.1) is 0 Å². The summed E-state index contributed by atoms with van der Waals surface area (Å²) >= 11 is 0. The molecule has 0 radical (unpaired) electrons. The second-order valence-electron chi connectivity index (χ2n) is 12.6. The Kier molecular flexibility index (Phi) is 8.06. The van der Waals surface area contributed by atoms with E-state index in [2.05, 4.69) is 157 Å². The molecule has 8 rings (SSSR count). The van der Waals surface area contributed by atoms with Crippen LogP contribution in [-0.4, -0.2) is 19.1 Å². The highest BCUT2D eigenvalue weighted by Crippen LogP contribution is 2.41. The van der Waals surface area contributed by atoms with E-state index in [0.29, 0.717) is 5.82 Å². The van der Waals surface area contributed by atoms with Crippen LogP contribution in [0.15, 0.2) is 152 Å². The van der Waals surface area contributed by atoms with Crippen molar-refractivity contribution in [2.75, 3.05) is 0 Å². The van der Waals surface area contributed by atoms with Gasteiger partial charge in [-0.3, -0.25) is 0 Å². The number of hydrogen-bond donors (Lipinski definition) is 0. The molecule has 0 saturated heterocycles. The van der Waals surface area contributed by atoms with Gasteiger partial charge in [-0.1, -0.05) is 111 Å². The third-order valence-corrected chi connectivity index (χ3v) is 9.48. The summed E-state index contributed by atoms with van der Waals surface area (Å²) in [5.74, 6) is 0.712. The van der Waals surface area contributed by atoms with Gasteiger partial charge in [0.1, 0.15) is 0 Å². The van der Waals surface area contributed by atoms with Crippen molar-refractivity contribution in [1.29, 1.82) is 0 Å². The summed E-state index contributed by atoms with van der Waals surface area (Å²) < 4.78 is 4.70. The van der Waals surface area contributed by atoms with Crippen molar-refractivity contribution in [2.45, 2.75) is 27.2 Å². The Labute approximate surface area is 293 Å². The number of fused-ring (bicyclic) bond motifs is 4. The molecule has 0 N–H and O–H groups in total. The number of aryl methyl sites for hydroxylation is 1. The van der Waals surface area contributed by atoms with Crippen LogP contribution in [-0.2, 0) is 0 Å². The zero-order chi connectivity index (χ0) is 34.2. The average Bonchev–Trinajstić information content (AvgIpc) is 3.75. The number of benzene rings is 5. The van der Waals surface area contributed by atoms with Crippen LogP contribution in [0, 0.1) is 6.92 Å². The van der Waals surface area contributed by atoms with Gasteiger partial charge in [-0.05, 0) is 85.5 Å². The van der Waals surface area contributed by atoms with Crippen LogP contribution >= 0.6 is 0 Å². The van der Waals surface area contributed by atoms with Crippen LogP contribution in [0.1, 0.15) is 37.1 Å². The van der Waals surface area contributed by atoms with Crippen LogP contribution in [0.3, 0.4) is 0 Å². The Morgan fingerprint density at radius 1 is 0.740 bits per heavy atom. The third-order valence-electron chi connectivity index (χ3n) is 9.48. The van der Waals surface area contributed by atoms with E-state index in [-0.39, 0.29) is 0 Å². The molecule has 5 aromatic carbocycles. The van der Waals surface area contributed by atoms with Crippen molar-refractivity contribution in [2.24, 2.45) is 0 Å². The molecule has 0 aliphatic heterocycles. The molecule has 4 heteroatoms. The largest absolute Gasteiger partial charge is 0.316 e. The first kappa shape index (κ1) is 31.0. The minimum absolute atomic E-state index is 0.712. The lowest BCUT2D eigenvalue weighted by Gasteiger charge is -2.13. The fraction of sp³-hybridized carbons (Fsp3) is 0.0870. The lowest BCUT2D eigenvalue weighted by atomic mass is 10.0. The van der Waals surface area contributed by atoms with Gasteiger partial charge in [-0.25, -0.2) is 9.97 Å². The molecule has 0 atom stereocenters. The first-order valence-electron chi connectivity index (χ1n) is 17.2. The maximum atomic E-state index is 5.15. The maximum absolute atomic E-state index is 5.15. The molecule has 4 nitrogen and oxygen atoms in total. The Balaban J connectivity index is 1.38. The third kappa shape index (κ3) is 5.26. The molecule has 3 aromatic heterocycles. The van der Waals surface area contributed by atoms with Gasteiger partial charge < -0.3 is 9.13 Å². The van der Waals surface area contributed by atoms with Gasteiger partial charge in [0, 0.05) is 44.9 Å². The van der Waals surface area contributed by atoms with E-state index in [0.717, 1.165) is 62.5 Å². The highest BCUT2D eigenvalue weighted by atomic mass is 15.0. The first-order valence-corrected chi connectivity index (χ1v) is 17.2. The molecular weight excluding hydrogens is 609 g/mol. The van der Waals surface area contributed by atoms with Crippen molar-refractivity contribution in [3.05, 3.63) is 169 Å². The molecule has 0 saturated carbocycles. The molecule has 0 spiro atoms. The summed E-state index contributed by atoms with van der Waals surface area (Å²) in [4.78, 5) is 10.2. The fourth-order valence-electron chi connectivity index (χ4n) is 7.30. The Morgan fingerprint density at radius 3 is 2.24 bits per heavy atom. The van der Waals surface area contributed by atoms with Crippen LogP contribution in [0.2, 0.25) is 0 Å². The number of allylic oxidation sites excluding steroid dienone is 4. The smallest absolute Gasteiger partial charge is 0.160 e. The molecule has 0 bridgehead atoms. The van der Waals surface area contributed by atoms with Crippen molar-refractivity contribution in [3.8, 4) is 34.0 Å². The molecule has 0 fully saturated rings. The quantitative estimate of drug-likeness (QED) is 0.154. The average molecular weight is 647 g/mol. The lowest BCUT2D eigenvalue weighted by molar-refractivity contribution is 1.12. The zero-order valence-electron chi connectivity index (χ0n) is 28.6. The second kappa shape index (κ2) is 13.0. The van der Waals surface area contributed by atoms with E-state index < -0.39 is 0 Å². The van der Waals surface area contributed by atoms with Crippen LogP contribution in [0.25, 0.3) is 78.4 Å². The standard InChI is InChI=1S/C46H38N4/c1-5-16-33(17-6-2)39-30-40(48-46(47-39)34-18-10-8-11-19-34)35-21-14-24-38(28-35)50-41-25-15-20-32(7-3)44(41)43-31(4)45-36(29-42(43)50)26-27-49(45)37-22-12-9-13-23-37/h5,7-30H,3,6H2,1-2,4H3/b16-5-,33-17+. The van der Waals surface area contributed by atoms with E-state index in [1.165, 1.54) is 27.2 Å². The van der Waals surface area contributed by atoms with E-state index in [1.807, 2.05) is 31.2 Å². The predicted molar refractivity (Wildman–Crippen MR) is 212 cm³/mol. The van der Waals surface area contributed by atoms with Crippen LogP contribution < -0.4 is 0 Å². The van der Waals surface area contributed by atoms with Crippen molar-refractivity contribution in [1.82, 2.24) is 19.1 Å². The van der Waals surface area contributed by atoms with Gasteiger partial charge >= 0.3 is 0 Å². The van der Waals surface area contributed by atoms with Crippen LogP contribution in [0.5, 0.6) is 0 Å². The molecule has 8 aromatic rings. The molecule has 242 valence electrons. The topological polar surface area (TPSA) is 35.6 Å². The molecule has 50 heavy (non-hydrogen) atoms. The van der Waals surface area contributed by atoms with Crippen molar-refractivity contribution in [3.63, 3.8) is 0 Å².